The Hall–Kier alpha value is -1.72. The largest absolute Gasteiger partial charge is 0.368 e. The zero-order chi connectivity index (χ0) is 13.1. The Kier molecular flexibility index (Phi) is 3.74. The van der Waals surface area contributed by atoms with Crippen molar-refractivity contribution in [2.75, 3.05) is 10.7 Å². The Balaban J connectivity index is 2.30. The monoisotopic (exact) mass is 248 g/mol. The van der Waals surface area contributed by atoms with E-state index in [1.165, 1.54) is 0 Å². The summed E-state index contributed by atoms with van der Waals surface area (Å²) in [7, 11) is 0. The molecule has 2 atom stereocenters. The van der Waals surface area contributed by atoms with E-state index in [1.54, 1.807) is 0 Å². The molecule has 6 nitrogen and oxygen atoms in total. The Morgan fingerprint density at radius 2 is 2.06 bits per heavy atom. The second kappa shape index (κ2) is 5.29. The first-order chi connectivity index (χ1) is 8.65. The van der Waals surface area contributed by atoms with Gasteiger partial charge in [0.2, 0.25) is 5.95 Å². The summed E-state index contributed by atoms with van der Waals surface area (Å²) < 4.78 is 0. The molecule has 0 radical (unpaired) electrons. The molecule has 0 amide bonds. The molecule has 98 valence electrons. The lowest BCUT2D eigenvalue weighted by molar-refractivity contribution is 0.535. The minimum absolute atomic E-state index is 0.271. The highest BCUT2D eigenvalue weighted by molar-refractivity contribution is 5.67. The number of nitrogen functional groups attached to an aromatic ring is 1. The van der Waals surface area contributed by atoms with Crippen molar-refractivity contribution in [2.24, 2.45) is 11.0 Å². The molecule has 0 saturated heterocycles. The topological polar surface area (TPSA) is 80.3 Å². The first-order valence-corrected chi connectivity index (χ1v) is 6.49. The molecule has 2 N–H and O–H groups in total. The SMILES string of the molecule is CCCc1nc(N)nc(N2N=CC(C)C2CC)n1. The third-order valence-electron chi connectivity index (χ3n) is 3.13. The van der Waals surface area contributed by atoms with E-state index in [4.69, 9.17) is 5.73 Å². The summed E-state index contributed by atoms with van der Waals surface area (Å²) in [5.41, 5.74) is 5.74. The minimum atomic E-state index is 0.271. The Labute approximate surface area is 107 Å². The van der Waals surface area contributed by atoms with Crippen LogP contribution >= 0.6 is 0 Å². The van der Waals surface area contributed by atoms with Crippen LogP contribution in [0.5, 0.6) is 0 Å². The van der Waals surface area contributed by atoms with E-state index in [0.717, 1.165) is 25.1 Å². The van der Waals surface area contributed by atoms with Gasteiger partial charge in [-0.25, -0.2) is 5.01 Å². The number of nitrogens with zero attached hydrogens (tertiary/aromatic N) is 5. The lowest BCUT2D eigenvalue weighted by Gasteiger charge is -2.23. The summed E-state index contributed by atoms with van der Waals surface area (Å²) >= 11 is 0. The van der Waals surface area contributed by atoms with Crippen molar-refractivity contribution in [3.63, 3.8) is 0 Å². The third kappa shape index (κ3) is 2.42. The van der Waals surface area contributed by atoms with Crippen LogP contribution in [0.15, 0.2) is 5.10 Å². The molecule has 0 fully saturated rings. The van der Waals surface area contributed by atoms with E-state index in [-0.39, 0.29) is 5.95 Å². The predicted molar refractivity (Wildman–Crippen MR) is 72.4 cm³/mol. The minimum Gasteiger partial charge on any atom is -0.368 e. The Bertz CT molecular complexity index is 444. The van der Waals surface area contributed by atoms with Crippen molar-refractivity contribution >= 4 is 18.1 Å². The molecule has 2 rings (SSSR count). The smallest absolute Gasteiger partial charge is 0.251 e. The Morgan fingerprint density at radius 1 is 1.28 bits per heavy atom. The molecular formula is C12H20N6. The summed E-state index contributed by atoms with van der Waals surface area (Å²) in [6.07, 6.45) is 4.73. The fraction of sp³-hybridized carbons (Fsp3) is 0.667. The number of nitrogens with two attached hydrogens (primary N) is 1. The molecule has 18 heavy (non-hydrogen) atoms. The van der Waals surface area contributed by atoms with Gasteiger partial charge in [-0.05, 0) is 12.8 Å². The maximum absolute atomic E-state index is 5.74. The number of hydrogen-bond donors (Lipinski definition) is 1. The van der Waals surface area contributed by atoms with Crippen LogP contribution in [-0.4, -0.2) is 27.2 Å². The van der Waals surface area contributed by atoms with Crippen LogP contribution in [0.1, 0.15) is 39.4 Å². The van der Waals surface area contributed by atoms with Crippen LogP contribution in [-0.2, 0) is 6.42 Å². The number of hydrazone groups is 1. The molecule has 1 aliphatic rings. The van der Waals surface area contributed by atoms with E-state index in [1.807, 2.05) is 11.2 Å². The second-order valence-corrected chi connectivity index (χ2v) is 4.60. The highest BCUT2D eigenvalue weighted by atomic mass is 15.5. The molecule has 1 aromatic rings. The van der Waals surface area contributed by atoms with Gasteiger partial charge in [0.15, 0.2) is 0 Å². The van der Waals surface area contributed by atoms with Crippen molar-refractivity contribution in [1.82, 2.24) is 15.0 Å². The van der Waals surface area contributed by atoms with Gasteiger partial charge >= 0.3 is 0 Å². The van der Waals surface area contributed by atoms with Crippen LogP contribution in [0.3, 0.4) is 0 Å². The second-order valence-electron chi connectivity index (χ2n) is 4.60. The van der Waals surface area contributed by atoms with Crippen LogP contribution < -0.4 is 10.7 Å². The van der Waals surface area contributed by atoms with Gasteiger partial charge in [0.1, 0.15) is 5.82 Å². The molecule has 1 aromatic heterocycles. The van der Waals surface area contributed by atoms with Gasteiger partial charge in [-0.3, -0.25) is 0 Å². The summed E-state index contributed by atoms with van der Waals surface area (Å²) in [5.74, 6) is 1.98. The molecule has 2 heterocycles. The fourth-order valence-electron chi connectivity index (χ4n) is 2.19. The molecule has 0 saturated carbocycles. The molecule has 6 heteroatoms. The van der Waals surface area contributed by atoms with Gasteiger partial charge < -0.3 is 5.73 Å². The summed E-state index contributed by atoms with van der Waals surface area (Å²) in [4.78, 5) is 12.8. The Morgan fingerprint density at radius 3 is 2.72 bits per heavy atom. The zero-order valence-electron chi connectivity index (χ0n) is 11.2. The third-order valence-corrected chi connectivity index (χ3v) is 3.13. The number of aryl methyl sites for hydroxylation is 1. The number of hydrogen-bond acceptors (Lipinski definition) is 6. The summed E-state index contributed by atoms with van der Waals surface area (Å²) in [5, 5.41) is 6.24. The van der Waals surface area contributed by atoms with Gasteiger partial charge in [-0.2, -0.15) is 20.1 Å². The fourth-order valence-corrected chi connectivity index (χ4v) is 2.19. The molecule has 2 unspecified atom stereocenters. The average molecular weight is 248 g/mol. The van der Waals surface area contributed by atoms with Crippen LogP contribution in [0, 0.1) is 5.92 Å². The number of anilines is 2. The molecule has 0 spiro atoms. The lowest BCUT2D eigenvalue weighted by atomic mass is 10.0. The van der Waals surface area contributed by atoms with Gasteiger partial charge in [-0.15, -0.1) is 0 Å². The van der Waals surface area contributed by atoms with E-state index < -0.39 is 0 Å². The van der Waals surface area contributed by atoms with E-state index in [2.05, 4.69) is 40.8 Å². The first-order valence-electron chi connectivity index (χ1n) is 6.49. The molecule has 0 bridgehead atoms. The molecule has 0 aromatic carbocycles. The quantitative estimate of drug-likeness (QED) is 0.875. The van der Waals surface area contributed by atoms with Gasteiger partial charge in [0.05, 0.1) is 6.04 Å². The van der Waals surface area contributed by atoms with Crippen molar-refractivity contribution in [2.45, 2.75) is 46.1 Å². The normalized spacial score (nSPS) is 22.7. The highest BCUT2D eigenvalue weighted by Crippen LogP contribution is 2.24. The lowest BCUT2D eigenvalue weighted by Crippen LogP contribution is -2.32. The standard InChI is InChI=1S/C12H20N6/c1-4-6-10-15-11(13)17-12(16-10)18-9(5-2)8(3)7-14-18/h7-9H,4-6H2,1-3H3,(H2,13,15,16,17). The number of aromatic nitrogens is 3. The molecule has 0 aliphatic carbocycles. The zero-order valence-corrected chi connectivity index (χ0v) is 11.2. The maximum atomic E-state index is 5.74. The van der Waals surface area contributed by atoms with Crippen molar-refractivity contribution < 1.29 is 0 Å². The predicted octanol–water partition coefficient (Wildman–Crippen LogP) is 1.63. The first kappa shape index (κ1) is 12.7. The van der Waals surface area contributed by atoms with Crippen molar-refractivity contribution in [3.8, 4) is 0 Å². The van der Waals surface area contributed by atoms with Crippen LogP contribution in [0.4, 0.5) is 11.9 Å². The van der Waals surface area contributed by atoms with E-state index in [9.17, 15) is 0 Å². The van der Waals surface area contributed by atoms with Gasteiger partial charge in [-0.1, -0.05) is 20.8 Å². The molecule has 1 aliphatic heterocycles. The summed E-state index contributed by atoms with van der Waals surface area (Å²) in [6, 6.07) is 0.307. The van der Waals surface area contributed by atoms with E-state index in [0.29, 0.717) is 17.9 Å². The molecular weight excluding hydrogens is 228 g/mol. The van der Waals surface area contributed by atoms with Gasteiger partial charge in [0.25, 0.3) is 5.95 Å². The van der Waals surface area contributed by atoms with E-state index >= 15 is 0 Å². The van der Waals surface area contributed by atoms with Gasteiger partial charge in [0, 0.05) is 18.6 Å². The van der Waals surface area contributed by atoms with Crippen LogP contribution in [0.2, 0.25) is 0 Å². The van der Waals surface area contributed by atoms with Crippen molar-refractivity contribution in [3.05, 3.63) is 5.82 Å². The van der Waals surface area contributed by atoms with Crippen molar-refractivity contribution in [1.29, 1.82) is 0 Å². The van der Waals surface area contributed by atoms with Crippen LogP contribution in [0.25, 0.3) is 0 Å². The average Bonchev–Trinajstić information content (AvgIpc) is 2.70. The number of rotatable bonds is 4. The highest BCUT2D eigenvalue weighted by Gasteiger charge is 2.29. The summed E-state index contributed by atoms with van der Waals surface area (Å²) in [6.45, 7) is 6.38. The maximum Gasteiger partial charge on any atom is 0.251 e.